The first kappa shape index (κ1) is 16.3. The summed E-state index contributed by atoms with van der Waals surface area (Å²) in [5.74, 6) is 0. The van der Waals surface area contributed by atoms with Crippen LogP contribution >= 0.6 is 0 Å². The number of nitrogens with zero attached hydrogens (tertiary/aromatic N) is 1. The molecule has 1 rings (SSSR count). The first-order chi connectivity index (χ1) is 8.51. The van der Waals surface area contributed by atoms with Crippen LogP contribution in [0.2, 0.25) is 0 Å². The van der Waals surface area contributed by atoms with Gasteiger partial charge in [0.25, 0.3) is 0 Å². The molecule has 0 aliphatic rings. The summed E-state index contributed by atoms with van der Waals surface area (Å²) in [6.07, 6.45) is -4.47. The molecule has 1 N–H and O–H groups in total. The highest BCUT2D eigenvalue weighted by molar-refractivity contribution is 7.90. The van der Waals surface area contributed by atoms with E-state index in [0.29, 0.717) is 0 Å². The van der Waals surface area contributed by atoms with Gasteiger partial charge in [-0.15, -0.1) is 4.72 Å². The van der Waals surface area contributed by atoms with Gasteiger partial charge >= 0.3 is 6.18 Å². The van der Waals surface area contributed by atoms with Gasteiger partial charge in [-0.25, -0.2) is 4.98 Å². The average Bonchev–Trinajstić information content (AvgIpc) is 2.26. The van der Waals surface area contributed by atoms with E-state index in [0.717, 1.165) is 6.07 Å². The highest BCUT2D eigenvalue weighted by atomic mass is 32.2. The third kappa shape index (κ3) is 4.67. The molecule has 0 spiro atoms. The van der Waals surface area contributed by atoms with Crippen LogP contribution in [-0.4, -0.2) is 14.3 Å². The minimum Gasteiger partial charge on any atom is -0.598 e. The van der Waals surface area contributed by atoms with Crippen molar-refractivity contribution in [1.82, 2.24) is 9.71 Å². The number of halogens is 3. The van der Waals surface area contributed by atoms with Crippen LogP contribution < -0.4 is 4.72 Å². The molecule has 1 aromatic rings. The van der Waals surface area contributed by atoms with Gasteiger partial charge in [0.15, 0.2) is 0 Å². The van der Waals surface area contributed by atoms with Crippen molar-refractivity contribution in [3.8, 4) is 0 Å². The summed E-state index contributed by atoms with van der Waals surface area (Å²) in [5, 5.41) is 0. The SMILES string of the molecule is CC(N[S@@+]([O-])C(C)(C)C)c1cccc(C(F)(F)F)n1. The highest BCUT2D eigenvalue weighted by Crippen LogP contribution is 2.28. The summed E-state index contributed by atoms with van der Waals surface area (Å²) in [6.45, 7) is 6.97. The van der Waals surface area contributed by atoms with Crippen molar-refractivity contribution >= 4 is 11.4 Å². The van der Waals surface area contributed by atoms with Gasteiger partial charge in [-0.3, -0.25) is 0 Å². The van der Waals surface area contributed by atoms with E-state index in [9.17, 15) is 17.7 Å². The number of alkyl halides is 3. The quantitative estimate of drug-likeness (QED) is 0.871. The number of hydrogen-bond donors (Lipinski definition) is 1. The van der Waals surface area contributed by atoms with E-state index in [4.69, 9.17) is 0 Å². The maximum Gasteiger partial charge on any atom is 0.433 e. The third-order valence-electron chi connectivity index (χ3n) is 2.34. The summed E-state index contributed by atoms with van der Waals surface area (Å²) in [5.41, 5.74) is -0.729. The predicted molar refractivity (Wildman–Crippen MR) is 68.7 cm³/mol. The number of nitrogens with one attached hydrogen (secondary N) is 1. The predicted octanol–water partition coefficient (Wildman–Crippen LogP) is 3.21. The molecule has 1 aromatic heterocycles. The van der Waals surface area contributed by atoms with Gasteiger partial charge in [0, 0.05) is 11.4 Å². The van der Waals surface area contributed by atoms with E-state index in [1.54, 1.807) is 27.7 Å². The van der Waals surface area contributed by atoms with E-state index >= 15 is 0 Å². The van der Waals surface area contributed by atoms with Crippen LogP contribution in [0.1, 0.15) is 45.1 Å². The smallest absolute Gasteiger partial charge is 0.433 e. The number of pyridine rings is 1. The molecule has 19 heavy (non-hydrogen) atoms. The van der Waals surface area contributed by atoms with Crippen molar-refractivity contribution in [1.29, 1.82) is 0 Å². The Kier molecular flexibility index (Phi) is 4.86. The highest BCUT2D eigenvalue weighted by Gasteiger charge is 2.33. The summed E-state index contributed by atoms with van der Waals surface area (Å²) in [7, 11) is 0. The fourth-order valence-electron chi connectivity index (χ4n) is 1.25. The minimum atomic E-state index is -4.47. The Balaban J connectivity index is 2.86. The Morgan fingerprint density at radius 2 is 1.84 bits per heavy atom. The van der Waals surface area contributed by atoms with Gasteiger partial charge < -0.3 is 4.55 Å². The summed E-state index contributed by atoms with van der Waals surface area (Å²) in [6, 6.07) is 3.16. The Labute approximate surface area is 113 Å². The van der Waals surface area contributed by atoms with Crippen molar-refractivity contribution in [2.24, 2.45) is 0 Å². The Bertz CT molecular complexity index is 432. The second-order valence-corrected chi connectivity index (χ2v) is 7.16. The molecule has 0 bridgehead atoms. The number of hydrogen-bond acceptors (Lipinski definition) is 3. The lowest BCUT2D eigenvalue weighted by atomic mass is 10.2. The Hall–Kier alpha value is -0.790. The molecule has 0 radical (unpaired) electrons. The first-order valence-electron chi connectivity index (χ1n) is 5.74. The standard InChI is InChI=1S/C12H17F3N2OS/c1-8(17-19(18)11(2,3)4)9-6-5-7-10(16-9)12(13,14)15/h5-8,17H,1-4H3/t8?,19-/m0/s1. The molecule has 0 aromatic carbocycles. The third-order valence-corrected chi connectivity index (χ3v) is 4.02. The zero-order chi connectivity index (χ0) is 14.8. The molecule has 0 saturated heterocycles. The van der Waals surface area contributed by atoms with E-state index in [2.05, 4.69) is 9.71 Å². The Morgan fingerprint density at radius 3 is 2.32 bits per heavy atom. The van der Waals surface area contributed by atoms with Gasteiger partial charge in [-0.05, 0) is 39.8 Å². The van der Waals surface area contributed by atoms with E-state index in [1.807, 2.05) is 0 Å². The van der Waals surface area contributed by atoms with Crippen molar-refractivity contribution in [3.05, 3.63) is 29.6 Å². The molecule has 108 valence electrons. The number of rotatable bonds is 3. The van der Waals surface area contributed by atoms with Crippen LogP contribution in [0.4, 0.5) is 13.2 Å². The van der Waals surface area contributed by atoms with Crippen molar-refractivity contribution in [3.63, 3.8) is 0 Å². The lowest BCUT2D eigenvalue weighted by Crippen LogP contribution is -2.40. The van der Waals surface area contributed by atoms with Gasteiger partial charge in [0.1, 0.15) is 10.4 Å². The topological polar surface area (TPSA) is 48.0 Å². The average molecular weight is 294 g/mol. The monoisotopic (exact) mass is 294 g/mol. The summed E-state index contributed by atoms with van der Waals surface area (Å²) >= 11 is -1.37. The first-order valence-corrected chi connectivity index (χ1v) is 6.89. The zero-order valence-electron chi connectivity index (χ0n) is 11.2. The second kappa shape index (κ2) is 5.68. The molecule has 2 atom stereocenters. The van der Waals surface area contributed by atoms with E-state index in [-0.39, 0.29) is 5.69 Å². The van der Waals surface area contributed by atoms with Gasteiger partial charge in [-0.1, -0.05) is 6.07 Å². The van der Waals surface area contributed by atoms with Crippen LogP contribution in [0.3, 0.4) is 0 Å². The van der Waals surface area contributed by atoms with Crippen molar-refractivity contribution in [2.45, 2.75) is 44.7 Å². The van der Waals surface area contributed by atoms with Gasteiger partial charge in [0.2, 0.25) is 0 Å². The molecule has 1 unspecified atom stereocenters. The maximum absolute atomic E-state index is 12.5. The lowest BCUT2D eigenvalue weighted by molar-refractivity contribution is -0.141. The van der Waals surface area contributed by atoms with Crippen LogP contribution in [0, 0.1) is 0 Å². The molecular weight excluding hydrogens is 277 g/mol. The molecule has 7 heteroatoms. The summed E-state index contributed by atoms with van der Waals surface area (Å²) < 4.78 is 51.8. The molecule has 3 nitrogen and oxygen atoms in total. The molecule has 0 saturated carbocycles. The largest absolute Gasteiger partial charge is 0.598 e. The Morgan fingerprint density at radius 1 is 1.26 bits per heavy atom. The fraction of sp³-hybridized carbons (Fsp3) is 0.583. The normalized spacial score (nSPS) is 16.2. The van der Waals surface area contributed by atoms with Crippen molar-refractivity contribution < 1.29 is 17.7 Å². The summed E-state index contributed by atoms with van der Waals surface area (Å²) in [4.78, 5) is 3.56. The van der Waals surface area contributed by atoms with Crippen molar-refractivity contribution in [2.75, 3.05) is 0 Å². The fourth-order valence-corrected chi connectivity index (χ4v) is 2.04. The number of aromatic nitrogens is 1. The van der Waals surface area contributed by atoms with Crippen LogP contribution in [-0.2, 0) is 17.5 Å². The zero-order valence-corrected chi connectivity index (χ0v) is 12.0. The second-order valence-electron chi connectivity index (χ2n) is 5.17. The molecule has 0 aliphatic heterocycles. The van der Waals surface area contributed by atoms with E-state index in [1.165, 1.54) is 12.1 Å². The minimum absolute atomic E-state index is 0.215. The maximum atomic E-state index is 12.5. The van der Waals surface area contributed by atoms with Crippen LogP contribution in [0.5, 0.6) is 0 Å². The lowest BCUT2D eigenvalue weighted by Gasteiger charge is -2.26. The van der Waals surface area contributed by atoms with Gasteiger partial charge in [-0.2, -0.15) is 13.2 Å². The van der Waals surface area contributed by atoms with Gasteiger partial charge in [0.05, 0.1) is 11.7 Å². The molecule has 0 amide bonds. The van der Waals surface area contributed by atoms with E-state index < -0.39 is 34.0 Å². The molecular formula is C12H17F3N2OS. The van der Waals surface area contributed by atoms with Crippen LogP contribution in [0.15, 0.2) is 18.2 Å². The molecule has 0 aliphatic carbocycles. The molecule has 1 heterocycles. The van der Waals surface area contributed by atoms with Crippen LogP contribution in [0.25, 0.3) is 0 Å². The molecule has 0 fully saturated rings.